The molecule has 2 aromatic rings. The Morgan fingerprint density at radius 2 is 1.93 bits per heavy atom. The maximum atomic E-state index is 12.8. The number of morpholine rings is 1. The van der Waals surface area contributed by atoms with Crippen LogP contribution in [-0.2, 0) is 14.8 Å². The van der Waals surface area contributed by atoms with E-state index in [0.717, 1.165) is 26.3 Å². The number of rotatable bonds is 9. The van der Waals surface area contributed by atoms with E-state index in [2.05, 4.69) is 11.4 Å². The molecule has 3 rings (SSSR count). The maximum absolute atomic E-state index is 12.8. The Labute approximate surface area is 182 Å². The van der Waals surface area contributed by atoms with E-state index >= 15 is 0 Å². The first-order valence-corrected chi connectivity index (χ1v) is 12.6. The number of ether oxygens (including phenoxy) is 1. The van der Waals surface area contributed by atoms with Gasteiger partial charge in [0.25, 0.3) is 5.91 Å². The second kappa shape index (κ2) is 10.5. The molecule has 0 radical (unpaired) electrons. The molecule has 1 aromatic carbocycles. The Morgan fingerprint density at radius 1 is 1.20 bits per heavy atom. The van der Waals surface area contributed by atoms with Gasteiger partial charge in [-0.2, -0.15) is 4.31 Å². The largest absolute Gasteiger partial charge is 0.370 e. The summed E-state index contributed by atoms with van der Waals surface area (Å²) in [6, 6.07) is 10.5. The van der Waals surface area contributed by atoms with Crippen LogP contribution in [0.1, 0.15) is 35.1 Å². The van der Waals surface area contributed by atoms with Crippen molar-refractivity contribution in [2.45, 2.75) is 24.8 Å². The van der Waals surface area contributed by atoms with E-state index < -0.39 is 10.0 Å². The minimum absolute atomic E-state index is 0.146. The highest BCUT2D eigenvalue weighted by Crippen LogP contribution is 2.18. The quantitative estimate of drug-likeness (QED) is 0.599. The molecule has 0 saturated carbocycles. The molecule has 0 aliphatic carbocycles. The standard InChI is InChI=1S/C21H29N3O4S2/c1-3-24(4-2)30(26,27)18-8-5-7-17(15-18)21(25)22-16-19(20-9-6-14-29-20)23-10-12-28-13-11-23/h5-9,14-15,19H,3-4,10-13,16H2,1-2H3,(H,22,25)/p+1/t19-/m1/s1. The van der Waals surface area contributed by atoms with Crippen molar-refractivity contribution in [2.75, 3.05) is 45.9 Å². The summed E-state index contributed by atoms with van der Waals surface area (Å²) in [7, 11) is -3.60. The number of carbonyl (C=O) groups excluding carboxylic acids is 1. The highest BCUT2D eigenvalue weighted by atomic mass is 32.2. The van der Waals surface area contributed by atoms with Crippen LogP contribution < -0.4 is 10.2 Å². The van der Waals surface area contributed by atoms with Crippen LogP contribution in [0.3, 0.4) is 0 Å². The molecule has 2 N–H and O–H groups in total. The number of amides is 1. The number of nitrogens with one attached hydrogen (secondary N) is 2. The van der Waals surface area contributed by atoms with Gasteiger partial charge in [-0.25, -0.2) is 8.42 Å². The van der Waals surface area contributed by atoms with Gasteiger partial charge in [-0.15, -0.1) is 11.3 Å². The Kier molecular flexibility index (Phi) is 8.01. The molecule has 164 valence electrons. The average molecular weight is 453 g/mol. The summed E-state index contributed by atoms with van der Waals surface area (Å²) in [6.07, 6.45) is 0. The van der Waals surface area contributed by atoms with Crippen molar-refractivity contribution in [1.29, 1.82) is 0 Å². The van der Waals surface area contributed by atoms with E-state index in [-0.39, 0.29) is 16.8 Å². The summed E-state index contributed by atoms with van der Waals surface area (Å²) < 4.78 is 32.4. The molecule has 0 unspecified atom stereocenters. The first-order chi connectivity index (χ1) is 14.5. The zero-order valence-corrected chi connectivity index (χ0v) is 19.1. The van der Waals surface area contributed by atoms with Gasteiger partial charge in [0, 0.05) is 18.7 Å². The van der Waals surface area contributed by atoms with Gasteiger partial charge >= 0.3 is 0 Å². The van der Waals surface area contributed by atoms with Crippen molar-refractivity contribution in [1.82, 2.24) is 9.62 Å². The van der Waals surface area contributed by atoms with Gasteiger partial charge in [-0.3, -0.25) is 4.79 Å². The summed E-state index contributed by atoms with van der Waals surface area (Å²) in [6.45, 7) is 8.10. The van der Waals surface area contributed by atoms with Crippen LogP contribution >= 0.6 is 11.3 Å². The van der Waals surface area contributed by atoms with Crippen LogP contribution in [0.5, 0.6) is 0 Å². The summed E-state index contributed by atoms with van der Waals surface area (Å²) in [4.78, 5) is 15.6. The molecule has 1 aliphatic rings. The number of hydrogen-bond donors (Lipinski definition) is 2. The zero-order valence-electron chi connectivity index (χ0n) is 17.5. The summed E-state index contributed by atoms with van der Waals surface area (Å²) in [5, 5.41) is 5.07. The molecule has 1 atom stereocenters. The second-order valence-electron chi connectivity index (χ2n) is 7.17. The van der Waals surface area contributed by atoms with E-state index in [1.807, 2.05) is 11.4 Å². The minimum atomic E-state index is -3.60. The third-order valence-corrected chi connectivity index (χ3v) is 8.45. The van der Waals surface area contributed by atoms with Gasteiger partial charge in [0.15, 0.2) is 0 Å². The number of nitrogens with zero attached hydrogens (tertiary/aromatic N) is 1. The molecule has 9 heteroatoms. The lowest BCUT2D eigenvalue weighted by atomic mass is 10.1. The van der Waals surface area contributed by atoms with Crippen LogP contribution in [0.4, 0.5) is 0 Å². The van der Waals surface area contributed by atoms with Crippen molar-refractivity contribution < 1.29 is 22.8 Å². The SMILES string of the molecule is CCN(CC)S(=O)(=O)c1cccc(C(=O)NC[C@H](c2cccs2)[NH+]2CCOCC2)c1. The number of hydrogen-bond acceptors (Lipinski definition) is 5. The highest BCUT2D eigenvalue weighted by Gasteiger charge is 2.28. The lowest BCUT2D eigenvalue weighted by Crippen LogP contribution is -3.15. The zero-order chi connectivity index (χ0) is 21.6. The van der Waals surface area contributed by atoms with Gasteiger partial charge in [-0.1, -0.05) is 26.0 Å². The molecular formula is C21H30N3O4S2+. The number of sulfonamides is 1. The molecule has 1 amide bonds. The summed E-state index contributed by atoms with van der Waals surface area (Å²) in [5.74, 6) is -0.263. The molecule has 1 aliphatic heterocycles. The molecule has 0 bridgehead atoms. The smallest absolute Gasteiger partial charge is 0.251 e. The van der Waals surface area contributed by atoms with Crippen molar-refractivity contribution >= 4 is 27.3 Å². The molecular weight excluding hydrogens is 422 g/mol. The van der Waals surface area contributed by atoms with Gasteiger partial charge in [0.1, 0.15) is 19.1 Å². The number of quaternary nitrogens is 1. The predicted molar refractivity (Wildman–Crippen MR) is 117 cm³/mol. The molecule has 1 fully saturated rings. The molecule has 7 nitrogen and oxygen atoms in total. The van der Waals surface area contributed by atoms with Gasteiger partial charge < -0.3 is 15.0 Å². The topological polar surface area (TPSA) is 80.2 Å². The predicted octanol–water partition coefficient (Wildman–Crippen LogP) is 1.16. The normalized spacial score (nSPS) is 16.5. The maximum Gasteiger partial charge on any atom is 0.251 e. The van der Waals surface area contributed by atoms with Gasteiger partial charge in [0.2, 0.25) is 10.0 Å². The third kappa shape index (κ3) is 5.28. The fraction of sp³-hybridized carbons (Fsp3) is 0.476. The molecule has 30 heavy (non-hydrogen) atoms. The Hall–Kier alpha value is -1.78. The number of benzene rings is 1. The van der Waals surface area contributed by atoms with Crippen LogP contribution in [0, 0.1) is 0 Å². The average Bonchev–Trinajstić information content (AvgIpc) is 3.30. The van der Waals surface area contributed by atoms with Gasteiger partial charge in [-0.05, 0) is 29.6 Å². The first kappa shape index (κ1) is 22.9. The van der Waals surface area contributed by atoms with E-state index in [0.29, 0.717) is 25.2 Å². The van der Waals surface area contributed by atoms with Crippen LogP contribution in [-0.4, -0.2) is 64.6 Å². The van der Waals surface area contributed by atoms with Crippen LogP contribution in [0.2, 0.25) is 0 Å². The van der Waals surface area contributed by atoms with Crippen molar-refractivity contribution in [3.05, 3.63) is 52.2 Å². The fourth-order valence-electron chi connectivity index (χ4n) is 3.72. The Balaban J connectivity index is 1.73. The van der Waals surface area contributed by atoms with Crippen LogP contribution in [0.15, 0.2) is 46.7 Å². The van der Waals surface area contributed by atoms with E-state index in [9.17, 15) is 13.2 Å². The minimum Gasteiger partial charge on any atom is -0.370 e. The summed E-state index contributed by atoms with van der Waals surface area (Å²) >= 11 is 1.69. The first-order valence-electron chi connectivity index (χ1n) is 10.3. The molecule has 2 heterocycles. The fourth-order valence-corrected chi connectivity index (χ4v) is 6.12. The molecule has 1 saturated heterocycles. The van der Waals surface area contributed by atoms with E-state index in [4.69, 9.17) is 4.74 Å². The Bertz CT molecular complexity index is 921. The lowest BCUT2D eigenvalue weighted by molar-refractivity contribution is -0.937. The van der Waals surface area contributed by atoms with Crippen molar-refractivity contribution in [2.24, 2.45) is 0 Å². The third-order valence-electron chi connectivity index (χ3n) is 5.42. The van der Waals surface area contributed by atoms with Crippen molar-refractivity contribution in [3.63, 3.8) is 0 Å². The van der Waals surface area contributed by atoms with E-state index in [1.165, 1.54) is 26.2 Å². The van der Waals surface area contributed by atoms with Crippen molar-refractivity contribution in [3.8, 4) is 0 Å². The van der Waals surface area contributed by atoms with Gasteiger partial charge in [0.05, 0.1) is 29.5 Å². The highest BCUT2D eigenvalue weighted by molar-refractivity contribution is 7.89. The monoisotopic (exact) mass is 452 g/mol. The lowest BCUT2D eigenvalue weighted by Gasteiger charge is -2.31. The van der Waals surface area contributed by atoms with E-state index in [1.54, 1.807) is 37.3 Å². The molecule has 1 aromatic heterocycles. The van der Waals surface area contributed by atoms with Crippen LogP contribution in [0.25, 0.3) is 0 Å². The number of thiophene rings is 1. The summed E-state index contributed by atoms with van der Waals surface area (Å²) in [5.41, 5.74) is 0.352. The second-order valence-corrected chi connectivity index (χ2v) is 10.1. The number of carbonyl (C=O) groups is 1. The molecule has 0 spiro atoms. The Morgan fingerprint density at radius 3 is 2.57 bits per heavy atom.